The van der Waals surface area contributed by atoms with Gasteiger partial charge in [-0.3, -0.25) is 4.79 Å². The molecule has 1 aromatic heterocycles. The molecular formula is C20H17F2N3O2S. The first-order valence-electron chi connectivity index (χ1n) is 8.58. The Morgan fingerprint density at radius 1 is 1.21 bits per heavy atom. The minimum atomic E-state index is -0.644. The molecule has 8 heteroatoms. The molecule has 0 aliphatic carbocycles. The Balaban J connectivity index is 1.87. The Bertz CT molecular complexity index is 1050. The quantitative estimate of drug-likeness (QED) is 0.713. The molecule has 1 aliphatic heterocycles. The van der Waals surface area contributed by atoms with E-state index in [0.29, 0.717) is 28.4 Å². The number of carbonyl (C=O) groups excluding carboxylic acids is 1. The van der Waals surface area contributed by atoms with Gasteiger partial charge >= 0.3 is 0 Å². The maximum atomic E-state index is 14.5. The highest BCUT2D eigenvalue weighted by molar-refractivity contribution is 8.00. The summed E-state index contributed by atoms with van der Waals surface area (Å²) in [5, 5.41) is 6.97. The lowest BCUT2D eigenvalue weighted by molar-refractivity contribution is -0.113. The van der Waals surface area contributed by atoms with Crippen molar-refractivity contribution in [2.45, 2.75) is 12.2 Å². The van der Waals surface area contributed by atoms with E-state index in [4.69, 9.17) is 4.74 Å². The predicted octanol–water partition coefficient (Wildman–Crippen LogP) is 4.24. The van der Waals surface area contributed by atoms with E-state index in [1.54, 1.807) is 23.9 Å². The normalized spacial score (nSPS) is 16.3. The summed E-state index contributed by atoms with van der Waals surface area (Å²) in [6, 6.07) is 10.7. The predicted molar refractivity (Wildman–Crippen MR) is 104 cm³/mol. The topological polar surface area (TPSA) is 56.1 Å². The smallest absolute Gasteiger partial charge is 0.235 e. The van der Waals surface area contributed by atoms with E-state index in [9.17, 15) is 13.6 Å². The highest BCUT2D eigenvalue weighted by Gasteiger charge is 2.32. The van der Waals surface area contributed by atoms with Crippen LogP contribution in [0.3, 0.4) is 0 Å². The molecule has 4 rings (SSSR count). The molecule has 0 bridgehead atoms. The largest absolute Gasteiger partial charge is 0.497 e. The molecule has 0 unspecified atom stereocenters. The molecule has 1 N–H and O–H groups in total. The third-order valence-corrected chi connectivity index (χ3v) is 5.82. The van der Waals surface area contributed by atoms with Crippen LogP contribution in [0.1, 0.15) is 22.1 Å². The molecule has 1 atom stereocenters. The van der Waals surface area contributed by atoms with Crippen molar-refractivity contribution in [3.63, 3.8) is 0 Å². The van der Waals surface area contributed by atoms with Gasteiger partial charge in [-0.05, 0) is 37.3 Å². The number of carbonyl (C=O) groups is 1. The minimum Gasteiger partial charge on any atom is -0.497 e. The van der Waals surface area contributed by atoms with Crippen molar-refractivity contribution in [1.29, 1.82) is 0 Å². The van der Waals surface area contributed by atoms with Crippen LogP contribution in [0, 0.1) is 18.6 Å². The van der Waals surface area contributed by atoms with Crippen molar-refractivity contribution >= 4 is 23.5 Å². The second-order valence-electron chi connectivity index (χ2n) is 6.36. The molecule has 0 saturated heterocycles. The molecule has 5 nitrogen and oxygen atoms in total. The average molecular weight is 401 g/mol. The molecule has 0 saturated carbocycles. The van der Waals surface area contributed by atoms with Crippen molar-refractivity contribution < 1.29 is 18.3 Å². The van der Waals surface area contributed by atoms with Crippen molar-refractivity contribution in [2.75, 3.05) is 18.2 Å². The fourth-order valence-corrected chi connectivity index (χ4v) is 4.46. The van der Waals surface area contributed by atoms with Crippen LogP contribution >= 0.6 is 11.8 Å². The van der Waals surface area contributed by atoms with Crippen LogP contribution in [-0.4, -0.2) is 28.6 Å². The maximum absolute atomic E-state index is 14.5. The number of amides is 1. The third-order valence-electron chi connectivity index (χ3n) is 4.57. The van der Waals surface area contributed by atoms with Crippen LogP contribution in [-0.2, 0) is 4.79 Å². The van der Waals surface area contributed by atoms with Gasteiger partial charge in [-0.2, -0.15) is 5.10 Å². The molecule has 2 heterocycles. The van der Waals surface area contributed by atoms with Gasteiger partial charge in [0.2, 0.25) is 5.91 Å². The molecule has 1 aliphatic rings. The first-order valence-corrected chi connectivity index (χ1v) is 9.63. The lowest BCUT2D eigenvalue weighted by atomic mass is 10.0. The van der Waals surface area contributed by atoms with Gasteiger partial charge in [0.05, 0.1) is 29.5 Å². The summed E-state index contributed by atoms with van der Waals surface area (Å²) in [6.45, 7) is 1.81. The number of methoxy groups -OCH3 is 1. The standard InChI is InChI=1S/C20H17F2N3O2S/c1-11-18-19(15-8-3-12(21)9-16(15)22)28-10-17(26)23-20(18)25(24-11)13-4-6-14(27-2)7-5-13/h3-9,19H,10H2,1-2H3,(H,23,26)/t19-/m0/s1. The van der Waals surface area contributed by atoms with E-state index in [1.165, 1.54) is 23.9 Å². The summed E-state index contributed by atoms with van der Waals surface area (Å²) in [4.78, 5) is 12.3. The van der Waals surface area contributed by atoms with E-state index >= 15 is 0 Å². The molecule has 144 valence electrons. The molecular weight excluding hydrogens is 384 g/mol. The number of nitrogens with one attached hydrogen (secondary N) is 1. The van der Waals surface area contributed by atoms with Gasteiger partial charge in [-0.15, -0.1) is 11.8 Å². The van der Waals surface area contributed by atoms with Crippen molar-refractivity contribution in [2.24, 2.45) is 0 Å². The monoisotopic (exact) mass is 401 g/mol. The van der Waals surface area contributed by atoms with Crippen LogP contribution in [0.25, 0.3) is 5.69 Å². The van der Waals surface area contributed by atoms with Gasteiger partial charge < -0.3 is 10.1 Å². The van der Waals surface area contributed by atoms with E-state index in [-0.39, 0.29) is 11.7 Å². The van der Waals surface area contributed by atoms with E-state index in [1.807, 2.05) is 19.1 Å². The summed E-state index contributed by atoms with van der Waals surface area (Å²) in [7, 11) is 1.58. The number of anilines is 1. The van der Waals surface area contributed by atoms with Gasteiger partial charge in [-0.1, -0.05) is 6.07 Å². The number of aromatic nitrogens is 2. The zero-order chi connectivity index (χ0) is 19.8. The Labute approximate surface area is 164 Å². The van der Waals surface area contributed by atoms with Crippen LogP contribution in [0.2, 0.25) is 0 Å². The zero-order valence-electron chi connectivity index (χ0n) is 15.2. The van der Waals surface area contributed by atoms with Gasteiger partial charge in [0, 0.05) is 17.2 Å². The highest BCUT2D eigenvalue weighted by atomic mass is 32.2. The third kappa shape index (κ3) is 3.24. The summed E-state index contributed by atoms with van der Waals surface area (Å²) in [6.07, 6.45) is 0. The van der Waals surface area contributed by atoms with E-state index < -0.39 is 16.9 Å². The van der Waals surface area contributed by atoms with Crippen LogP contribution in [0.15, 0.2) is 42.5 Å². The second kappa shape index (κ2) is 7.27. The number of fused-ring (bicyclic) bond motifs is 1. The second-order valence-corrected chi connectivity index (χ2v) is 7.46. The molecule has 0 spiro atoms. The number of hydrogen-bond donors (Lipinski definition) is 1. The van der Waals surface area contributed by atoms with Crippen LogP contribution < -0.4 is 10.1 Å². The number of ether oxygens (including phenoxy) is 1. The van der Waals surface area contributed by atoms with E-state index in [0.717, 1.165) is 11.8 Å². The lowest BCUT2D eigenvalue weighted by Crippen LogP contribution is -2.15. The number of rotatable bonds is 3. The zero-order valence-corrected chi connectivity index (χ0v) is 16.0. The van der Waals surface area contributed by atoms with Gasteiger partial charge in [0.25, 0.3) is 0 Å². The number of thioether (sulfide) groups is 1. The molecule has 0 fully saturated rings. The molecule has 1 amide bonds. The van der Waals surface area contributed by atoms with Crippen molar-refractivity contribution in [1.82, 2.24) is 9.78 Å². The molecule has 3 aromatic rings. The first kappa shape index (κ1) is 18.5. The van der Waals surface area contributed by atoms with Gasteiger partial charge in [0.15, 0.2) is 0 Å². The van der Waals surface area contributed by atoms with Crippen LogP contribution in [0.4, 0.5) is 14.6 Å². The Hall–Kier alpha value is -2.87. The number of benzene rings is 2. The van der Waals surface area contributed by atoms with E-state index in [2.05, 4.69) is 10.4 Å². The molecule has 0 radical (unpaired) electrons. The number of aryl methyl sites for hydroxylation is 1. The first-order chi connectivity index (χ1) is 13.5. The lowest BCUT2D eigenvalue weighted by Gasteiger charge is -2.16. The van der Waals surface area contributed by atoms with Crippen LogP contribution in [0.5, 0.6) is 5.75 Å². The number of halogens is 2. The number of nitrogens with zero attached hydrogens (tertiary/aromatic N) is 2. The SMILES string of the molecule is COc1ccc(-n2nc(C)c3c2NC(=O)CS[C@H]3c2ccc(F)cc2F)cc1. The molecule has 28 heavy (non-hydrogen) atoms. The Kier molecular flexibility index (Phi) is 4.80. The summed E-state index contributed by atoms with van der Waals surface area (Å²) in [5.74, 6) is -0.144. The summed E-state index contributed by atoms with van der Waals surface area (Å²) >= 11 is 1.29. The average Bonchev–Trinajstić information content (AvgIpc) is 2.88. The Morgan fingerprint density at radius 2 is 1.96 bits per heavy atom. The fraction of sp³-hybridized carbons (Fsp3) is 0.200. The number of hydrogen-bond acceptors (Lipinski definition) is 4. The van der Waals surface area contributed by atoms with Crippen molar-refractivity contribution in [3.05, 3.63) is 70.9 Å². The molecule has 2 aromatic carbocycles. The summed E-state index contributed by atoms with van der Waals surface area (Å²) < 4.78 is 34.7. The summed E-state index contributed by atoms with van der Waals surface area (Å²) in [5.41, 5.74) is 2.42. The maximum Gasteiger partial charge on any atom is 0.235 e. The fourth-order valence-electron chi connectivity index (χ4n) is 3.25. The van der Waals surface area contributed by atoms with Gasteiger partial charge in [-0.25, -0.2) is 13.5 Å². The minimum absolute atomic E-state index is 0.151. The van der Waals surface area contributed by atoms with Crippen molar-refractivity contribution in [3.8, 4) is 11.4 Å². The Morgan fingerprint density at radius 3 is 2.64 bits per heavy atom. The highest BCUT2D eigenvalue weighted by Crippen LogP contribution is 2.44. The van der Waals surface area contributed by atoms with Gasteiger partial charge in [0.1, 0.15) is 23.2 Å².